The standard InChI is InChI=1S/C22H24N6O2/c1-15-5-3-6-16(11-15)18-25-20(30-26-18)17-12-28(14-22(17)7-10-27(2)13-22)21(29)19-23-8-4-9-24-19/h3-6,8-9,11,17H,7,10,12-14H2,1-2H3/t17-,22-/m0/s1. The summed E-state index contributed by atoms with van der Waals surface area (Å²) in [4.78, 5) is 30.2. The van der Waals surface area contributed by atoms with Gasteiger partial charge >= 0.3 is 0 Å². The summed E-state index contributed by atoms with van der Waals surface area (Å²) in [6, 6.07) is 9.77. The Balaban J connectivity index is 1.46. The smallest absolute Gasteiger partial charge is 0.291 e. The minimum Gasteiger partial charge on any atom is -0.339 e. The normalized spacial score (nSPS) is 24.1. The van der Waals surface area contributed by atoms with E-state index >= 15 is 0 Å². The molecule has 3 aromatic rings. The third kappa shape index (κ3) is 3.27. The van der Waals surface area contributed by atoms with E-state index in [4.69, 9.17) is 9.51 Å². The van der Waals surface area contributed by atoms with Gasteiger partial charge in [-0.25, -0.2) is 9.97 Å². The zero-order valence-electron chi connectivity index (χ0n) is 17.2. The lowest BCUT2D eigenvalue weighted by atomic mass is 9.77. The minimum absolute atomic E-state index is 0.0128. The Labute approximate surface area is 174 Å². The van der Waals surface area contributed by atoms with Crippen LogP contribution in [0.4, 0.5) is 0 Å². The maximum atomic E-state index is 13.0. The van der Waals surface area contributed by atoms with Crippen LogP contribution >= 0.6 is 0 Å². The lowest BCUT2D eigenvalue weighted by Gasteiger charge is -2.27. The molecule has 8 heteroatoms. The number of carbonyl (C=O) groups excluding carboxylic acids is 1. The molecule has 0 radical (unpaired) electrons. The maximum absolute atomic E-state index is 13.0. The highest BCUT2D eigenvalue weighted by molar-refractivity contribution is 5.90. The molecule has 5 rings (SSSR count). The summed E-state index contributed by atoms with van der Waals surface area (Å²) in [5, 5.41) is 4.25. The van der Waals surface area contributed by atoms with Crippen LogP contribution in [-0.4, -0.2) is 69.0 Å². The van der Waals surface area contributed by atoms with E-state index in [2.05, 4.69) is 27.1 Å². The average Bonchev–Trinajstić information content (AvgIpc) is 3.47. The number of amides is 1. The van der Waals surface area contributed by atoms with Crippen LogP contribution < -0.4 is 0 Å². The van der Waals surface area contributed by atoms with Gasteiger partial charge in [-0.1, -0.05) is 28.9 Å². The molecule has 0 bridgehead atoms. The Morgan fingerprint density at radius 2 is 2.03 bits per heavy atom. The van der Waals surface area contributed by atoms with Gasteiger partial charge in [-0.15, -0.1) is 0 Å². The van der Waals surface area contributed by atoms with Gasteiger partial charge < -0.3 is 14.3 Å². The highest BCUT2D eigenvalue weighted by atomic mass is 16.5. The van der Waals surface area contributed by atoms with Crippen molar-refractivity contribution in [2.45, 2.75) is 19.3 Å². The van der Waals surface area contributed by atoms with E-state index in [1.165, 1.54) is 0 Å². The van der Waals surface area contributed by atoms with Crippen LogP contribution in [0.1, 0.15) is 34.4 Å². The average molecular weight is 404 g/mol. The molecule has 1 amide bonds. The highest BCUT2D eigenvalue weighted by Crippen LogP contribution is 2.48. The number of benzene rings is 1. The van der Waals surface area contributed by atoms with Gasteiger partial charge in [0.05, 0.1) is 5.92 Å². The lowest BCUT2D eigenvalue weighted by molar-refractivity contribution is 0.0761. The fourth-order valence-electron chi connectivity index (χ4n) is 4.82. The summed E-state index contributed by atoms with van der Waals surface area (Å²) in [6.07, 6.45) is 4.17. The van der Waals surface area contributed by atoms with Crippen molar-refractivity contribution >= 4 is 5.91 Å². The number of hydrogen-bond donors (Lipinski definition) is 0. The molecule has 154 valence electrons. The molecular formula is C22H24N6O2. The topological polar surface area (TPSA) is 88.2 Å². The second kappa shape index (κ2) is 7.28. The summed E-state index contributed by atoms with van der Waals surface area (Å²) in [6.45, 7) is 5.08. The third-order valence-electron chi connectivity index (χ3n) is 6.28. The zero-order chi connectivity index (χ0) is 20.7. The summed E-state index contributed by atoms with van der Waals surface area (Å²) < 4.78 is 5.75. The lowest BCUT2D eigenvalue weighted by Crippen LogP contribution is -2.35. The van der Waals surface area contributed by atoms with Gasteiger partial charge in [-0.2, -0.15) is 4.98 Å². The van der Waals surface area contributed by atoms with Gasteiger partial charge in [0.1, 0.15) is 0 Å². The SMILES string of the molecule is Cc1cccc(-c2noc([C@@H]3CN(C(=O)c4ncccn4)C[C@@]34CCN(C)C4)n2)c1. The fourth-order valence-corrected chi connectivity index (χ4v) is 4.82. The van der Waals surface area contributed by atoms with Crippen LogP contribution in [0.15, 0.2) is 47.2 Å². The summed E-state index contributed by atoms with van der Waals surface area (Å²) in [5.41, 5.74) is 1.98. The van der Waals surface area contributed by atoms with E-state index in [9.17, 15) is 4.79 Å². The number of carbonyl (C=O) groups is 1. The van der Waals surface area contributed by atoms with E-state index in [0.29, 0.717) is 24.8 Å². The number of nitrogens with zero attached hydrogens (tertiary/aromatic N) is 6. The molecule has 2 aromatic heterocycles. The van der Waals surface area contributed by atoms with Crippen LogP contribution in [0.25, 0.3) is 11.4 Å². The van der Waals surface area contributed by atoms with E-state index in [1.807, 2.05) is 36.1 Å². The van der Waals surface area contributed by atoms with Crippen molar-refractivity contribution in [3.8, 4) is 11.4 Å². The number of aromatic nitrogens is 4. The Morgan fingerprint density at radius 1 is 1.20 bits per heavy atom. The van der Waals surface area contributed by atoms with Gasteiger partial charge in [-0.05, 0) is 39.1 Å². The van der Waals surface area contributed by atoms with E-state index in [0.717, 1.165) is 30.6 Å². The van der Waals surface area contributed by atoms with Gasteiger partial charge in [0, 0.05) is 43.0 Å². The molecule has 2 atom stereocenters. The second-order valence-electron chi connectivity index (χ2n) is 8.49. The largest absolute Gasteiger partial charge is 0.339 e. The Morgan fingerprint density at radius 3 is 2.77 bits per heavy atom. The third-order valence-corrected chi connectivity index (χ3v) is 6.28. The zero-order valence-corrected chi connectivity index (χ0v) is 17.2. The van der Waals surface area contributed by atoms with Gasteiger partial charge in [0.2, 0.25) is 17.5 Å². The number of rotatable bonds is 3. The molecule has 0 N–H and O–H groups in total. The first-order chi connectivity index (χ1) is 14.5. The van der Waals surface area contributed by atoms with Gasteiger partial charge in [0.25, 0.3) is 5.91 Å². The first-order valence-electron chi connectivity index (χ1n) is 10.2. The maximum Gasteiger partial charge on any atom is 0.291 e. The molecular weight excluding hydrogens is 380 g/mol. The van der Waals surface area contributed by atoms with Gasteiger partial charge in [-0.3, -0.25) is 4.79 Å². The molecule has 0 aliphatic carbocycles. The van der Waals surface area contributed by atoms with Crippen molar-refractivity contribution in [2.24, 2.45) is 5.41 Å². The predicted molar refractivity (Wildman–Crippen MR) is 110 cm³/mol. The summed E-state index contributed by atoms with van der Waals surface area (Å²) in [7, 11) is 2.11. The van der Waals surface area contributed by atoms with E-state index < -0.39 is 0 Å². The molecule has 2 aliphatic heterocycles. The molecule has 0 unspecified atom stereocenters. The van der Waals surface area contributed by atoms with Crippen molar-refractivity contribution in [3.63, 3.8) is 0 Å². The van der Waals surface area contributed by atoms with Crippen LogP contribution in [0.5, 0.6) is 0 Å². The summed E-state index contributed by atoms with van der Waals surface area (Å²) >= 11 is 0. The van der Waals surface area contributed by atoms with Gasteiger partial charge in [0.15, 0.2) is 0 Å². The molecule has 2 aliphatic rings. The van der Waals surface area contributed by atoms with Crippen LogP contribution in [0.2, 0.25) is 0 Å². The predicted octanol–water partition coefficient (Wildman–Crippen LogP) is 2.40. The van der Waals surface area contributed by atoms with Crippen LogP contribution in [-0.2, 0) is 0 Å². The molecule has 8 nitrogen and oxygen atoms in total. The van der Waals surface area contributed by atoms with Crippen LogP contribution in [0, 0.1) is 12.3 Å². The van der Waals surface area contributed by atoms with E-state index in [-0.39, 0.29) is 23.1 Å². The number of likely N-dealkylation sites (tertiary alicyclic amines) is 2. The Bertz CT molecular complexity index is 1070. The van der Waals surface area contributed by atoms with Crippen molar-refractivity contribution in [1.29, 1.82) is 0 Å². The number of hydrogen-bond acceptors (Lipinski definition) is 7. The highest BCUT2D eigenvalue weighted by Gasteiger charge is 2.54. The quantitative estimate of drug-likeness (QED) is 0.662. The van der Waals surface area contributed by atoms with E-state index in [1.54, 1.807) is 18.5 Å². The fraction of sp³-hybridized carbons (Fsp3) is 0.409. The second-order valence-corrected chi connectivity index (χ2v) is 8.49. The first kappa shape index (κ1) is 18.9. The molecule has 30 heavy (non-hydrogen) atoms. The number of aryl methyl sites for hydroxylation is 1. The minimum atomic E-state index is -0.148. The van der Waals surface area contributed by atoms with Crippen LogP contribution in [0.3, 0.4) is 0 Å². The Hall–Kier alpha value is -3.13. The molecule has 2 saturated heterocycles. The monoisotopic (exact) mass is 404 g/mol. The molecule has 2 fully saturated rings. The van der Waals surface area contributed by atoms with Crippen molar-refractivity contribution in [2.75, 3.05) is 33.2 Å². The van der Waals surface area contributed by atoms with Crippen molar-refractivity contribution in [1.82, 2.24) is 29.9 Å². The summed E-state index contributed by atoms with van der Waals surface area (Å²) in [5.74, 6) is 1.26. The Kier molecular flexibility index (Phi) is 4.58. The molecule has 0 saturated carbocycles. The first-order valence-corrected chi connectivity index (χ1v) is 10.2. The van der Waals surface area contributed by atoms with Crippen molar-refractivity contribution < 1.29 is 9.32 Å². The molecule has 4 heterocycles. The molecule has 1 spiro atoms. The molecule has 1 aromatic carbocycles. The van der Waals surface area contributed by atoms with Crippen molar-refractivity contribution in [3.05, 3.63) is 60.0 Å².